The molecule has 0 bridgehead atoms. The number of urea groups is 1. The van der Waals surface area contributed by atoms with Crippen LogP contribution in [0.3, 0.4) is 0 Å². The second-order valence-electron chi connectivity index (χ2n) is 3.21. The van der Waals surface area contributed by atoms with Gasteiger partial charge in [-0.2, -0.15) is 0 Å². The van der Waals surface area contributed by atoms with Gasteiger partial charge in [0.1, 0.15) is 11.3 Å². The maximum Gasteiger partial charge on any atom is 0.322 e. The monoisotopic (exact) mass is 168 g/mol. The number of Topliss-reactive ketones (excluding diaryl/α,β-unsaturated/α-hetero) is 1. The maximum atomic E-state index is 11.2. The standard InChI is InChI=1S/C7H8N2O3/c10-4-1-2-7(3-4)5(11)8-6(12)9-7/h1-3H2,(H2,8,9,11,12). The molecule has 1 unspecified atom stereocenters. The van der Waals surface area contributed by atoms with Crippen molar-refractivity contribution in [3.63, 3.8) is 0 Å². The van der Waals surface area contributed by atoms with Gasteiger partial charge in [-0.3, -0.25) is 14.9 Å². The fraction of sp³-hybridized carbons (Fsp3) is 0.571. The van der Waals surface area contributed by atoms with Crippen molar-refractivity contribution in [2.45, 2.75) is 24.8 Å². The zero-order chi connectivity index (χ0) is 8.77. The topological polar surface area (TPSA) is 75.3 Å². The van der Waals surface area contributed by atoms with Gasteiger partial charge in [0.15, 0.2) is 0 Å². The van der Waals surface area contributed by atoms with Crippen molar-refractivity contribution in [3.05, 3.63) is 0 Å². The van der Waals surface area contributed by atoms with E-state index in [0.717, 1.165) is 0 Å². The van der Waals surface area contributed by atoms with Gasteiger partial charge in [0, 0.05) is 12.8 Å². The smallest absolute Gasteiger partial charge is 0.322 e. The summed E-state index contributed by atoms with van der Waals surface area (Å²) >= 11 is 0. The molecule has 3 amide bonds. The predicted molar refractivity (Wildman–Crippen MR) is 38.3 cm³/mol. The number of hydrogen-bond donors (Lipinski definition) is 2. The minimum Gasteiger partial charge on any atom is -0.323 e. The summed E-state index contributed by atoms with van der Waals surface area (Å²) in [7, 11) is 0. The first-order valence-corrected chi connectivity index (χ1v) is 3.78. The van der Waals surface area contributed by atoms with Gasteiger partial charge in [0.25, 0.3) is 5.91 Å². The number of carbonyl (C=O) groups is 3. The summed E-state index contributed by atoms with van der Waals surface area (Å²) in [5.74, 6) is -0.328. The molecule has 1 saturated heterocycles. The van der Waals surface area contributed by atoms with Gasteiger partial charge in [-0.15, -0.1) is 0 Å². The third-order valence-electron chi connectivity index (χ3n) is 2.34. The number of carbonyl (C=O) groups excluding carboxylic acids is 3. The van der Waals surface area contributed by atoms with Crippen LogP contribution in [-0.4, -0.2) is 23.3 Å². The van der Waals surface area contributed by atoms with Crippen molar-refractivity contribution in [2.24, 2.45) is 0 Å². The summed E-state index contributed by atoms with van der Waals surface area (Å²) < 4.78 is 0. The molecule has 0 aromatic heterocycles. The summed E-state index contributed by atoms with van der Waals surface area (Å²) in [6, 6.07) is -0.491. The zero-order valence-electron chi connectivity index (χ0n) is 6.35. The van der Waals surface area contributed by atoms with Crippen LogP contribution in [-0.2, 0) is 9.59 Å². The van der Waals surface area contributed by atoms with Crippen molar-refractivity contribution in [1.82, 2.24) is 10.6 Å². The molecule has 1 heterocycles. The van der Waals surface area contributed by atoms with E-state index in [-0.39, 0.29) is 18.1 Å². The highest BCUT2D eigenvalue weighted by molar-refractivity contribution is 6.10. The molecule has 1 aliphatic carbocycles. The molecule has 2 aliphatic rings. The first kappa shape index (κ1) is 7.27. The Labute approximate surface area is 68.5 Å². The first-order valence-electron chi connectivity index (χ1n) is 3.78. The molecule has 1 saturated carbocycles. The van der Waals surface area contributed by atoms with Crippen molar-refractivity contribution in [1.29, 1.82) is 0 Å². The van der Waals surface area contributed by atoms with Crippen molar-refractivity contribution in [2.75, 3.05) is 0 Å². The van der Waals surface area contributed by atoms with E-state index in [4.69, 9.17) is 0 Å². The van der Waals surface area contributed by atoms with Gasteiger partial charge < -0.3 is 5.32 Å². The second kappa shape index (κ2) is 2.06. The predicted octanol–water partition coefficient (Wildman–Crippen LogP) is -0.682. The highest BCUT2D eigenvalue weighted by Gasteiger charge is 2.50. The lowest BCUT2D eigenvalue weighted by Crippen LogP contribution is -2.44. The summed E-state index contributed by atoms with van der Waals surface area (Å²) in [5, 5.41) is 4.62. The van der Waals surface area contributed by atoms with Gasteiger partial charge in [0.05, 0.1) is 0 Å². The summed E-state index contributed by atoms with van der Waals surface area (Å²) in [5.41, 5.74) is -0.909. The van der Waals surface area contributed by atoms with Crippen LogP contribution in [0.1, 0.15) is 19.3 Å². The van der Waals surface area contributed by atoms with Crippen molar-refractivity contribution >= 4 is 17.7 Å². The van der Waals surface area contributed by atoms with Crippen LogP contribution < -0.4 is 10.6 Å². The molecule has 0 aromatic carbocycles. The van der Waals surface area contributed by atoms with E-state index in [0.29, 0.717) is 12.8 Å². The minimum atomic E-state index is -0.909. The third-order valence-corrected chi connectivity index (χ3v) is 2.34. The Morgan fingerprint density at radius 2 is 2.00 bits per heavy atom. The second-order valence-corrected chi connectivity index (χ2v) is 3.21. The van der Waals surface area contributed by atoms with E-state index in [1.54, 1.807) is 0 Å². The lowest BCUT2D eigenvalue weighted by molar-refractivity contribution is -0.125. The summed E-state index contributed by atoms with van der Waals surface area (Å²) in [6.45, 7) is 0. The van der Waals surface area contributed by atoms with Crippen molar-refractivity contribution in [3.8, 4) is 0 Å². The average Bonchev–Trinajstić information content (AvgIpc) is 2.43. The van der Waals surface area contributed by atoms with E-state index in [2.05, 4.69) is 10.6 Å². The zero-order valence-corrected chi connectivity index (χ0v) is 6.35. The highest BCUT2D eigenvalue weighted by Crippen LogP contribution is 2.29. The summed E-state index contributed by atoms with van der Waals surface area (Å²) in [4.78, 5) is 32.9. The average molecular weight is 168 g/mol. The Morgan fingerprint density at radius 1 is 1.25 bits per heavy atom. The van der Waals surface area contributed by atoms with Gasteiger partial charge >= 0.3 is 6.03 Å². The molecule has 1 aliphatic heterocycles. The van der Waals surface area contributed by atoms with Gasteiger partial charge in [-0.05, 0) is 6.42 Å². The summed E-state index contributed by atoms with van der Waals surface area (Å²) in [6.07, 6.45) is 0.960. The molecule has 0 radical (unpaired) electrons. The van der Waals surface area contributed by atoms with E-state index >= 15 is 0 Å². The van der Waals surface area contributed by atoms with Gasteiger partial charge in [-0.25, -0.2) is 4.79 Å². The van der Waals surface area contributed by atoms with Crippen LogP contribution in [0, 0.1) is 0 Å². The first-order chi connectivity index (χ1) is 5.62. The van der Waals surface area contributed by atoms with E-state index in [9.17, 15) is 14.4 Å². The number of rotatable bonds is 0. The molecular formula is C7H8N2O3. The van der Waals surface area contributed by atoms with E-state index < -0.39 is 11.6 Å². The maximum absolute atomic E-state index is 11.2. The fourth-order valence-electron chi connectivity index (χ4n) is 1.69. The minimum absolute atomic E-state index is 0.0346. The molecule has 5 nitrogen and oxygen atoms in total. The van der Waals surface area contributed by atoms with Crippen LogP contribution in [0.4, 0.5) is 4.79 Å². The Morgan fingerprint density at radius 3 is 2.42 bits per heavy atom. The van der Waals surface area contributed by atoms with Crippen LogP contribution >= 0.6 is 0 Å². The van der Waals surface area contributed by atoms with E-state index in [1.165, 1.54) is 0 Å². The largest absolute Gasteiger partial charge is 0.323 e. The number of imide groups is 1. The number of ketones is 1. The lowest BCUT2D eigenvalue weighted by Gasteiger charge is -2.16. The van der Waals surface area contributed by atoms with Gasteiger partial charge in [-0.1, -0.05) is 0 Å². The van der Waals surface area contributed by atoms with Gasteiger partial charge in [0.2, 0.25) is 0 Å². The molecule has 1 atom stereocenters. The van der Waals surface area contributed by atoms with Crippen LogP contribution in [0.15, 0.2) is 0 Å². The molecular weight excluding hydrogens is 160 g/mol. The SMILES string of the molecule is O=C1CCC2(C1)NC(=O)NC2=O. The molecule has 2 rings (SSSR count). The lowest BCUT2D eigenvalue weighted by atomic mass is 9.98. The molecule has 64 valence electrons. The normalized spacial score (nSPS) is 34.2. The Bertz CT molecular complexity index is 282. The quantitative estimate of drug-likeness (QED) is 0.470. The Kier molecular flexibility index (Phi) is 1.25. The molecule has 5 heteroatoms. The number of nitrogens with one attached hydrogen (secondary N) is 2. The Hall–Kier alpha value is -1.39. The molecule has 2 N–H and O–H groups in total. The number of amides is 3. The van der Waals surface area contributed by atoms with Crippen LogP contribution in [0.25, 0.3) is 0 Å². The molecule has 0 aromatic rings. The van der Waals surface area contributed by atoms with Crippen molar-refractivity contribution < 1.29 is 14.4 Å². The number of hydrogen-bond acceptors (Lipinski definition) is 3. The molecule has 2 fully saturated rings. The molecule has 12 heavy (non-hydrogen) atoms. The third kappa shape index (κ3) is 0.823. The molecule has 1 spiro atoms. The van der Waals surface area contributed by atoms with Crippen LogP contribution in [0.5, 0.6) is 0 Å². The van der Waals surface area contributed by atoms with Crippen LogP contribution in [0.2, 0.25) is 0 Å². The Balaban J connectivity index is 2.27. The van der Waals surface area contributed by atoms with E-state index in [1.807, 2.05) is 0 Å². The fourth-order valence-corrected chi connectivity index (χ4v) is 1.69. The highest BCUT2D eigenvalue weighted by atomic mass is 16.2.